The number of hydrogen-bond donors (Lipinski definition) is 0. The predicted molar refractivity (Wildman–Crippen MR) is 88.5 cm³/mol. The first-order chi connectivity index (χ1) is 11.0. The molecule has 2 heterocycles. The number of hydrogen-bond acceptors (Lipinski definition) is 3. The molecule has 0 aliphatic carbocycles. The highest BCUT2D eigenvalue weighted by Crippen LogP contribution is 2.27. The second kappa shape index (κ2) is 6.44. The van der Waals surface area contributed by atoms with Gasteiger partial charge in [-0.15, -0.1) is 0 Å². The first kappa shape index (κ1) is 15.6. The molecule has 5 nitrogen and oxygen atoms in total. The van der Waals surface area contributed by atoms with Crippen LogP contribution < -0.4 is 4.74 Å². The Hall–Kier alpha value is -2.30. The Morgan fingerprint density at radius 3 is 2.91 bits per heavy atom. The molecule has 0 N–H and O–H groups in total. The van der Waals surface area contributed by atoms with E-state index in [1.54, 1.807) is 4.90 Å². The van der Waals surface area contributed by atoms with E-state index in [1.807, 2.05) is 55.9 Å². The number of rotatable bonds is 4. The van der Waals surface area contributed by atoms with Gasteiger partial charge in [-0.05, 0) is 38.0 Å². The van der Waals surface area contributed by atoms with Crippen molar-refractivity contribution in [1.29, 1.82) is 0 Å². The number of aryl methyl sites for hydroxylation is 2. The van der Waals surface area contributed by atoms with Gasteiger partial charge < -0.3 is 9.64 Å². The summed E-state index contributed by atoms with van der Waals surface area (Å²) in [5.41, 5.74) is 3.25. The first-order valence-corrected chi connectivity index (χ1v) is 8.01. The molecular formula is C18H23N3O2. The Morgan fingerprint density at radius 2 is 2.17 bits per heavy atom. The molecule has 0 radical (unpaired) electrons. The molecule has 2 aromatic rings. The van der Waals surface area contributed by atoms with E-state index < -0.39 is 0 Å². The highest BCUT2D eigenvalue weighted by molar-refractivity contribution is 5.79. The minimum atomic E-state index is -0.102. The van der Waals surface area contributed by atoms with E-state index in [0.29, 0.717) is 19.7 Å². The number of aromatic nitrogens is 2. The molecule has 5 heteroatoms. The summed E-state index contributed by atoms with van der Waals surface area (Å²) < 4.78 is 7.68. The molecule has 1 aliphatic heterocycles. The zero-order valence-corrected chi connectivity index (χ0v) is 14.0. The third kappa shape index (κ3) is 3.38. The Kier molecular flexibility index (Phi) is 4.37. The molecule has 0 fully saturated rings. The molecule has 1 atom stereocenters. The van der Waals surface area contributed by atoms with Crippen molar-refractivity contribution < 1.29 is 9.53 Å². The Morgan fingerprint density at radius 1 is 1.39 bits per heavy atom. The van der Waals surface area contributed by atoms with E-state index in [-0.39, 0.29) is 11.8 Å². The van der Waals surface area contributed by atoms with Crippen molar-refractivity contribution in [1.82, 2.24) is 14.7 Å². The smallest absolute Gasteiger partial charge is 0.229 e. The lowest BCUT2D eigenvalue weighted by Crippen LogP contribution is -2.40. The van der Waals surface area contributed by atoms with Gasteiger partial charge >= 0.3 is 0 Å². The normalized spacial score (nSPS) is 16.6. The molecule has 1 aliphatic rings. The summed E-state index contributed by atoms with van der Waals surface area (Å²) in [6, 6.07) is 9.99. The summed E-state index contributed by atoms with van der Waals surface area (Å²) >= 11 is 0. The summed E-state index contributed by atoms with van der Waals surface area (Å²) in [4.78, 5) is 14.4. The van der Waals surface area contributed by atoms with Crippen molar-refractivity contribution in [2.24, 2.45) is 5.92 Å². The number of para-hydroxylation sites is 1. The van der Waals surface area contributed by atoms with Crippen LogP contribution >= 0.6 is 0 Å². The molecule has 1 aromatic carbocycles. The average molecular weight is 313 g/mol. The van der Waals surface area contributed by atoms with Gasteiger partial charge in [0.2, 0.25) is 5.91 Å². The summed E-state index contributed by atoms with van der Waals surface area (Å²) in [6.07, 6.45) is 0.749. The van der Waals surface area contributed by atoms with Gasteiger partial charge in [0, 0.05) is 19.3 Å². The van der Waals surface area contributed by atoms with Gasteiger partial charge in [-0.1, -0.05) is 18.2 Å². The summed E-state index contributed by atoms with van der Waals surface area (Å²) in [7, 11) is 1.86. The maximum absolute atomic E-state index is 12.6. The SMILES string of the molecule is Cc1cc(C)n(CCN(C)C(=O)[C@@H]2COc3ccccc3C2)n1. The van der Waals surface area contributed by atoms with Gasteiger partial charge in [0.25, 0.3) is 0 Å². The first-order valence-electron chi connectivity index (χ1n) is 8.01. The number of benzene rings is 1. The molecule has 0 bridgehead atoms. The lowest BCUT2D eigenvalue weighted by atomic mass is 9.95. The summed E-state index contributed by atoms with van der Waals surface area (Å²) in [5, 5.41) is 4.44. The van der Waals surface area contributed by atoms with Crippen molar-refractivity contribution in [3.8, 4) is 5.75 Å². The van der Waals surface area contributed by atoms with Crippen molar-refractivity contribution in [3.05, 3.63) is 47.3 Å². The lowest BCUT2D eigenvalue weighted by Gasteiger charge is -2.28. The molecule has 23 heavy (non-hydrogen) atoms. The van der Waals surface area contributed by atoms with Gasteiger partial charge in [0.15, 0.2) is 0 Å². The average Bonchev–Trinajstić information content (AvgIpc) is 2.89. The molecule has 122 valence electrons. The molecule has 1 amide bonds. The van der Waals surface area contributed by atoms with Crippen LogP contribution in [0.2, 0.25) is 0 Å². The monoisotopic (exact) mass is 313 g/mol. The molecule has 0 spiro atoms. The van der Waals surface area contributed by atoms with Gasteiger partial charge in [0.1, 0.15) is 12.4 Å². The Labute approximate surface area is 136 Å². The fraction of sp³-hybridized carbons (Fsp3) is 0.444. The van der Waals surface area contributed by atoms with Gasteiger partial charge in [-0.2, -0.15) is 5.10 Å². The van der Waals surface area contributed by atoms with Crippen LogP contribution in [0.1, 0.15) is 17.0 Å². The van der Waals surface area contributed by atoms with E-state index >= 15 is 0 Å². The fourth-order valence-electron chi connectivity index (χ4n) is 3.05. The zero-order chi connectivity index (χ0) is 16.4. The van der Waals surface area contributed by atoms with Gasteiger partial charge in [0.05, 0.1) is 18.2 Å². The van der Waals surface area contributed by atoms with Crippen LogP contribution in [0.4, 0.5) is 0 Å². The molecule has 1 aromatic heterocycles. The number of amides is 1. The van der Waals surface area contributed by atoms with E-state index in [9.17, 15) is 4.79 Å². The second-order valence-corrected chi connectivity index (χ2v) is 6.23. The standard InChI is InChI=1S/C18H23N3O2/c1-13-10-14(2)21(19-13)9-8-20(3)18(22)16-11-15-6-4-5-7-17(15)23-12-16/h4-7,10,16H,8-9,11-12H2,1-3H3/t16-/m0/s1. The van der Waals surface area contributed by atoms with E-state index in [4.69, 9.17) is 4.74 Å². The van der Waals surface area contributed by atoms with Crippen LogP contribution in [-0.2, 0) is 17.8 Å². The molecule has 0 saturated carbocycles. The maximum Gasteiger partial charge on any atom is 0.229 e. The third-order valence-corrected chi connectivity index (χ3v) is 4.35. The number of nitrogens with zero attached hydrogens (tertiary/aromatic N) is 3. The zero-order valence-electron chi connectivity index (χ0n) is 14.0. The summed E-state index contributed by atoms with van der Waals surface area (Å²) in [6.45, 7) is 5.84. The Bertz CT molecular complexity index is 708. The van der Waals surface area contributed by atoms with Crippen LogP contribution in [0.15, 0.2) is 30.3 Å². The van der Waals surface area contributed by atoms with Crippen molar-refractivity contribution in [3.63, 3.8) is 0 Å². The number of likely N-dealkylation sites (N-methyl/N-ethyl adjacent to an activating group) is 1. The molecule has 3 rings (SSSR count). The van der Waals surface area contributed by atoms with Crippen LogP contribution in [0.25, 0.3) is 0 Å². The fourth-order valence-corrected chi connectivity index (χ4v) is 3.05. The molecule has 0 saturated heterocycles. The van der Waals surface area contributed by atoms with Crippen LogP contribution in [0.5, 0.6) is 5.75 Å². The van der Waals surface area contributed by atoms with Crippen LogP contribution in [-0.4, -0.2) is 40.8 Å². The quantitative estimate of drug-likeness (QED) is 0.869. The molecule has 0 unspecified atom stereocenters. The molecular weight excluding hydrogens is 290 g/mol. The van der Waals surface area contributed by atoms with E-state index in [2.05, 4.69) is 5.10 Å². The maximum atomic E-state index is 12.6. The van der Waals surface area contributed by atoms with Crippen molar-refractivity contribution in [2.75, 3.05) is 20.2 Å². The number of carbonyl (C=O) groups is 1. The van der Waals surface area contributed by atoms with Crippen LogP contribution in [0.3, 0.4) is 0 Å². The van der Waals surface area contributed by atoms with E-state index in [0.717, 1.165) is 29.1 Å². The van der Waals surface area contributed by atoms with Gasteiger partial charge in [-0.25, -0.2) is 0 Å². The lowest BCUT2D eigenvalue weighted by molar-refractivity contribution is -0.135. The number of fused-ring (bicyclic) bond motifs is 1. The Balaban J connectivity index is 1.59. The van der Waals surface area contributed by atoms with Crippen molar-refractivity contribution in [2.45, 2.75) is 26.8 Å². The van der Waals surface area contributed by atoms with Gasteiger partial charge in [-0.3, -0.25) is 9.48 Å². The summed E-state index contributed by atoms with van der Waals surface area (Å²) in [5.74, 6) is 0.943. The minimum absolute atomic E-state index is 0.102. The number of ether oxygens (including phenoxy) is 1. The highest BCUT2D eigenvalue weighted by atomic mass is 16.5. The van der Waals surface area contributed by atoms with Crippen molar-refractivity contribution >= 4 is 5.91 Å². The predicted octanol–water partition coefficient (Wildman–Crippen LogP) is 2.21. The highest BCUT2D eigenvalue weighted by Gasteiger charge is 2.27. The minimum Gasteiger partial charge on any atom is -0.492 e. The largest absolute Gasteiger partial charge is 0.492 e. The van der Waals surface area contributed by atoms with E-state index in [1.165, 1.54) is 0 Å². The number of carbonyl (C=O) groups excluding carboxylic acids is 1. The van der Waals surface area contributed by atoms with Crippen LogP contribution in [0, 0.1) is 19.8 Å². The topological polar surface area (TPSA) is 47.4 Å². The second-order valence-electron chi connectivity index (χ2n) is 6.23. The third-order valence-electron chi connectivity index (χ3n) is 4.35.